The summed E-state index contributed by atoms with van der Waals surface area (Å²) in [5, 5.41) is 2.93. The van der Waals surface area contributed by atoms with Crippen LogP contribution in [0.15, 0.2) is 29.2 Å². The smallest absolute Gasteiger partial charge is 0.341 e. The molecule has 1 aliphatic rings. The number of aromatic amines is 1. The van der Waals surface area contributed by atoms with Crippen LogP contribution in [-0.2, 0) is 26.1 Å². The van der Waals surface area contributed by atoms with Crippen LogP contribution in [-0.4, -0.2) is 56.4 Å². The predicted octanol–water partition coefficient (Wildman–Crippen LogP) is 2.53. The van der Waals surface area contributed by atoms with E-state index >= 15 is 0 Å². The van der Waals surface area contributed by atoms with Crippen molar-refractivity contribution in [3.05, 3.63) is 46.8 Å². The van der Waals surface area contributed by atoms with Gasteiger partial charge in [-0.1, -0.05) is 18.2 Å². The van der Waals surface area contributed by atoms with Crippen LogP contribution in [0, 0.1) is 19.8 Å². The number of carbonyl (C=O) groups excluding carboxylic acids is 2. The number of nitrogens with zero attached hydrogens (tertiary/aromatic N) is 1. The minimum absolute atomic E-state index is 0.0440. The van der Waals surface area contributed by atoms with Gasteiger partial charge in [0, 0.05) is 42.5 Å². The fourth-order valence-electron chi connectivity index (χ4n) is 4.19. The molecule has 10 heteroatoms. The number of aromatic nitrogens is 1. The lowest BCUT2D eigenvalue weighted by Crippen LogP contribution is -2.43. The Kier molecular flexibility index (Phi) is 7.80. The standard InChI is InChI=1S/C23H31N3O6S/c1-5-32-23(28)20-15(2)25-16(3)21(20)33(29,30)26-12-10-17(11-13-26)22(27)24-14-18-8-6-7-9-19(18)31-4/h6-9,17,25H,5,10-14H2,1-4H3,(H,24,27). The molecule has 9 nitrogen and oxygen atoms in total. The number of methoxy groups -OCH3 is 1. The Morgan fingerprint density at radius 2 is 1.82 bits per heavy atom. The number of nitrogens with one attached hydrogen (secondary N) is 2. The van der Waals surface area contributed by atoms with Crippen molar-refractivity contribution in [2.45, 2.75) is 45.1 Å². The third-order valence-corrected chi connectivity index (χ3v) is 7.94. The van der Waals surface area contributed by atoms with Crippen molar-refractivity contribution in [3.63, 3.8) is 0 Å². The SMILES string of the molecule is CCOC(=O)c1c(C)[nH]c(C)c1S(=O)(=O)N1CCC(C(=O)NCc2ccccc2OC)CC1. The maximum atomic E-state index is 13.4. The van der Waals surface area contributed by atoms with Crippen molar-refractivity contribution in [1.82, 2.24) is 14.6 Å². The highest BCUT2D eigenvalue weighted by Crippen LogP contribution is 2.30. The van der Waals surface area contributed by atoms with Gasteiger partial charge in [-0.05, 0) is 39.7 Å². The molecule has 0 unspecified atom stereocenters. The van der Waals surface area contributed by atoms with Crippen LogP contribution in [0.1, 0.15) is 47.1 Å². The molecule has 1 aliphatic heterocycles. The zero-order chi connectivity index (χ0) is 24.2. The number of aryl methyl sites for hydroxylation is 2. The van der Waals surface area contributed by atoms with Crippen molar-refractivity contribution >= 4 is 21.9 Å². The Morgan fingerprint density at radius 3 is 2.45 bits per heavy atom. The van der Waals surface area contributed by atoms with Crippen molar-refractivity contribution in [2.24, 2.45) is 5.92 Å². The first-order valence-corrected chi connectivity index (χ1v) is 12.4. The van der Waals surface area contributed by atoms with Gasteiger partial charge in [-0.25, -0.2) is 13.2 Å². The molecule has 0 bridgehead atoms. The number of carbonyl (C=O) groups is 2. The van der Waals surface area contributed by atoms with Gasteiger partial charge in [0.25, 0.3) is 0 Å². The van der Waals surface area contributed by atoms with Gasteiger partial charge >= 0.3 is 5.97 Å². The predicted molar refractivity (Wildman–Crippen MR) is 123 cm³/mol. The summed E-state index contributed by atoms with van der Waals surface area (Å²) >= 11 is 0. The topological polar surface area (TPSA) is 118 Å². The van der Waals surface area contributed by atoms with Gasteiger partial charge in [0.15, 0.2) is 0 Å². The minimum Gasteiger partial charge on any atom is -0.496 e. The second-order valence-corrected chi connectivity index (χ2v) is 9.88. The second kappa shape index (κ2) is 10.4. The van der Waals surface area contributed by atoms with Crippen LogP contribution in [0.25, 0.3) is 0 Å². The number of hydrogen-bond donors (Lipinski definition) is 2. The third kappa shape index (κ3) is 5.22. The fourth-order valence-corrected chi connectivity index (χ4v) is 6.08. The zero-order valence-electron chi connectivity index (χ0n) is 19.4. The zero-order valence-corrected chi connectivity index (χ0v) is 20.3. The molecule has 1 saturated heterocycles. The maximum absolute atomic E-state index is 13.4. The first-order chi connectivity index (χ1) is 15.7. The van der Waals surface area contributed by atoms with Crippen molar-refractivity contribution in [2.75, 3.05) is 26.8 Å². The number of esters is 1. The number of hydrogen-bond acceptors (Lipinski definition) is 6. The van der Waals surface area contributed by atoms with Crippen LogP contribution in [0.3, 0.4) is 0 Å². The quantitative estimate of drug-likeness (QED) is 0.564. The molecule has 0 spiro atoms. The van der Waals surface area contributed by atoms with Gasteiger partial charge in [0.1, 0.15) is 16.2 Å². The molecule has 0 saturated carbocycles. The lowest BCUT2D eigenvalue weighted by Gasteiger charge is -2.30. The number of amides is 1. The van der Waals surface area contributed by atoms with E-state index in [1.54, 1.807) is 27.9 Å². The van der Waals surface area contributed by atoms with Gasteiger partial charge in [-0.3, -0.25) is 4.79 Å². The molecule has 2 N–H and O–H groups in total. The molecule has 1 fully saturated rings. The van der Waals surface area contributed by atoms with Crippen LogP contribution in [0.5, 0.6) is 5.75 Å². The average Bonchev–Trinajstić information content (AvgIpc) is 3.12. The summed E-state index contributed by atoms with van der Waals surface area (Å²) in [6, 6.07) is 7.46. The molecule has 1 aromatic carbocycles. The third-order valence-electron chi connectivity index (χ3n) is 5.87. The highest BCUT2D eigenvalue weighted by Gasteiger charge is 2.37. The Bertz CT molecular complexity index is 1120. The molecule has 180 valence electrons. The van der Waals surface area contributed by atoms with Crippen LogP contribution in [0.4, 0.5) is 0 Å². The van der Waals surface area contributed by atoms with E-state index in [-0.39, 0.29) is 42.0 Å². The van der Waals surface area contributed by atoms with Crippen molar-refractivity contribution < 1.29 is 27.5 Å². The number of H-pyrrole nitrogens is 1. The van der Waals surface area contributed by atoms with Crippen LogP contribution < -0.4 is 10.1 Å². The summed E-state index contributed by atoms with van der Waals surface area (Å²) in [5.74, 6) is -0.361. The van der Waals surface area contributed by atoms with E-state index < -0.39 is 16.0 Å². The molecule has 0 radical (unpaired) electrons. The molecular formula is C23H31N3O6S. The summed E-state index contributed by atoms with van der Waals surface area (Å²) in [7, 11) is -2.35. The molecule has 0 aliphatic carbocycles. The lowest BCUT2D eigenvalue weighted by atomic mass is 9.97. The number of sulfonamides is 1. The largest absolute Gasteiger partial charge is 0.496 e. The molecule has 33 heavy (non-hydrogen) atoms. The van der Waals surface area contributed by atoms with Gasteiger partial charge in [0.2, 0.25) is 15.9 Å². The van der Waals surface area contributed by atoms with Crippen molar-refractivity contribution in [1.29, 1.82) is 0 Å². The Morgan fingerprint density at radius 1 is 1.15 bits per heavy atom. The maximum Gasteiger partial charge on any atom is 0.341 e. The van der Waals surface area contributed by atoms with E-state index in [1.165, 1.54) is 4.31 Å². The van der Waals surface area contributed by atoms with Crippen LogP contribution >= 0.6 is 0 Å². The highest BCUT2D eigenvalue weighted by molar-refractivity contribution is 7.89. The van der Waals surface area contributed by atoms with Gasteiger partial charge in [-0.2, -0.15) is 4.31 Å². The normalized spacial score (nSPS) is 15.3. The summed E-state index contributed by atoms with van der Waals surface area (Å²) in [4.78, 5) is 28.0. The summed E-state index contributed by atoms with van der Waals surface area (Å²) in [6.07, 6.45) is 0.794. The Hall–Kier alpha value is -2.85. The van der Waals surface area contributed by atoms with E-state index in [2.05, 4.69) is 10.3 Å². The highest BCUT2D eigenvalue weighted by atomic mass is 32.2. The molecule has 3 rings (SSSR count). The monoisotopic (exact) mass is 477 g/mol. The first kappa shape index (κ1) is 24.8. The van der Waals surface area contributed by atoms with Gasteiger partial charge in [-0.15, -0.1) is 0 Å². The molecule has 1 aromatic heterocycles. The van der Waals surface area contributed by atoms with E-state index in [0.717, 1.165) is 5.56 Å². The summed E-state index contributed by atoms with van der Waals surface area (Å²) < 4.78 is 38.5. The molecule has 2 heterocycles. The first-order valence-electron chi connectivity index (χ1n) is 11.0. The fraction of sp³-hybridized carbons (Fsp3) is 0.478. The summed E-state index contributed by atoms with van der Waals surface area (Å²) in [5.41, 5.74) is 1.77. The minimum atomic E-state index is -3.93. The van der Waals surface area contributed by atoms with Gasteiger partial charge in [0.05, 0.1) is 13.7 Å². The molecule has 1 amide bonds. The number of rotatable bonds is 8. The average molecular weight is 478 g/mol. The summed E-state index contributed by atoms with van der Waals surface area (Å²) in [6.45, 7) is 5.83. The van der Waals surface area contributed by atoms with Gasteiger partial charge < -0.3 is 19.8 Å². The Labute approximate surface area is 194 Å². The molecule has 2 aromatic rings. The number of ether oxygens (including phenoxy) is 2. The van der Waals surface area contributed by atoms with E-state index in [1.807, 2.05) is 24.3 Å². The lowest BCUT2D eigenvalue weighted by molar-refractivity contribution is -0.126. The number of benzene rings is 1. The van der Waals surface area contributed by atoms with E-state index in [0.29, 0.717) is 36.5 Å². The van der Waals surface area contributed by atoms with E-state index in [4.69, 9.17) is 9.47 Å². The molecule has 0 atom stereocenters. The van der Waals surface area contributed by atoms with Crippen LogP contribution in [0.2, 0.25) is 0 Å². The molecular weight excluding hydrogens is 446 g/mol. The van der Waals surface area contributed by atoms with E-state index in [9.17, 15) is 18.0 Å². The second-order valence-electron chi connectivity index (χ2n) is 8.01. The number of piperidine rings is 1. The number of para-hydroxylation sites is 1. The van der Waals surface area contributed by atoms with Crippen molar-refractivity contribution in [3.8, 4) is 5.75 Å². The Balaban J connectivity index is 1.67.